The fourth-order valence-electron chi connectivity index (χ4n) is 2.30. The molecule has 0 spiro atoms. The van der Waals surface area contributed by atoms with Gasteiger partial charge in [0.1, 0.15) is 17.0 Å². The molecule has 3 rings (SSSR count). The molecule has 2 aromatic carbocycles. The van der Waals surface area contributed by atoms with Crippen LogP contribution in [-0.4, -0.2) is 17.1 Å². The van der Waals surface area contributed by atoms with Crippen LogP contribution in [0, 0.1) is 23.3 Å². The Bertz CT molecular complexity index is 996. The number of benzene rings is 2. The molecule has 25 heavy (non-hydrogen) atoms. The Balaban J connectivity index is 2.18. The van der Waals surface area contributed by atoms with E-state index in [1.54, 1.807) is 0 Å². The van der Waals surface area contributed by atoms with E-state index in [2.05, 4.69) is 15.3 Å². The van der Waals surface area contributed by atoms with Crippen LogP contribution in [0.2, 0.25) is 0 Å². The number of nitrogens with zero attached hydrogens (tertiary/aromatic N) is 2. The molecule has 0 bridgehead atoms. The maximum Gasteiger partial charge on any atom is 0.222 e. The molecule has 1 aromatic heterocycles. The molecule has 0 amide bonds. The van der Waals surface area contributed by atoms with Crippen LogP contribution in [0.1, 0.15) is 0 Å². The number of fused-ring (bicyclic) bond motifs is 1. The molecule has 10 heteroatoms. The second-order valence-electron chi connectivity index (χ2n) is 4.98. The van der Waals surface area contributed by atoms with Gasteiger partial charge in [-0.3, -0.25) is 0 Å². The van der Waals surface area contributed by atoms with Crippen molar-refractivity contribution in [3.05, 3.63) is 41.5 Å². The Hall–Kier alpha value is -3.30. The fraction of sp³-hybridized carbons (Fsp3) is 0.0667. The van der Waals surface area contributed by atoms with Crippen molar-refractivity contribution in [2.75, 3.05) is 23.9 Å². The van der Waals surface area contributed by atoms with Gasteiger partial charge in [0.05, 0.1) is 12.5 Å². The van der Waals surface area contributed by atoms with Crippen LogP contribution < -0.4 is 21.5 Å². The topological polar surface area (TPSA) is 99.1 Å². The quantitative estimate of drug-likeness (QED) is 0.494. The molecule has 0 fully saturated rings. The number of nitrogens with one attached hydrogen (secondary N) is 1. The second kappa shape index (κ2) is 5.96. The van der Waals surface area contributed by atoms with Crippen LogP contribution in [0.3, 0.4) is 0 Å². The van der Waals surface area contributed by atoms with E-state index in [1.165, 1.54) is 19.2 Å². The van der Waals surface area contributed by atoms with Crippen LogP contribution in [-0.2, 0) is 0 Å². The van der Waals surface area contributed by atoms with Gasteiger partial charge in [-0.2, -0.15) is 4.98 Å². The Morgan fingerprint density at radius 2 is 1.72 bits per heavy atom. The average molecular weight is 353 g/mol. The van der Waals surface area contributed by atoms with Crippen molar-refractivity contribution < 1.29 is 22.3 Å². The largest absolute Gasteiger partial charge is 0.494 e. The van der Waals surface area contributed by atoms with E-state index in [-0.39, 0.29) is 11.4 Å². The van der Waals surface area contributed by atoms with E-state index in [0.717, 1.165) is 6.07 Å². The molecule has 1 heterocycles. The summed E-state index contributed by atoms with van der Waals surface area (Å²) in [4.78, 5) is 7.03. The highest BCUT2D eigenvalue weighted by atomic mass is 19.2. The Morgan fingerprint density at radius 1 is 1.00 bits per heavy atom. The Kier molecular flexibility index (Phi) is 3.95. The van der Waals surface area contributed by atoms with E-state index >= 15 is 0 Å². The molecule has 0 aliphatic carbocycles. The SMILES string of the molecule is COc1ccc(Nc2c(F)c(F)c3c(N)nc(N)nc3c2F)cc1F. The Labute approximate surface area is 138 Å². The van der Waals surface area contributed by atoms with Crippen LogP contribution in [0.15, 0.2) is 18.2 Å². The first kappa shape index (κ1) is 16.6. The van der Waals surface area contributed by atoms with Crippen molar-refractivity contribution in [2.24, 2.45) is 0 Å². The zero-order valence-corrected chi connectivity index (χ0v) is 12.7. The molecule has 130 valence electrons. The van der Waals surface area contributed by atoms with Gasteiger partial charge in [-0.05, 0) is 12.1 Å². The zero-order chi connectivity index (χ0) is 18.3. The van der Waals surface area contributed by atoms with E-state index in [1.807, 2.05) is 0 Å². The molecular formula is C15H11F4N5O. The predicted molar refractivity (Wildman–Crippen MR) is 84.5 cm³/mol. The Morgan fingerprint density at radius 3 is 2.36 bits per heavy atom. The van der Waals surface area contributed by atoms with Gasteiger partial charge in [-0.1, -0.05) is 0 Å². The second-order valence-corrected chi connectivity index (χ2v) is 4.98. The molecule has 5 N–H and O–H groups in total. The van der Waals surface area contributed by atoms with Crippen LogP contribution in [0.4, 0.5) is 40.7 Å². The summed E-state index contributed by atoms with van der Waals surface area (Å²) in [5.41, 5.74) is 9.33. The van der Waals surface area contributed by atoms with Gasteiger partial charge < -0.3 is 21.5 Å². The first-order chi connectivity index (χ1) is 11.8. The normalized spacial score (nSPS) is 10.9. The number of hydrogen-bond acceptors (Lipinski definition) is 6. The minimum Gasteiger partial charge on any atom is -0.494 e. The van der Waals surface area contributed by atoms with Gasteiger partial charge in [-0.15, -0.1) is 0 Å². The molecule has 0 saturated heterocycles. The van der Waals surface area contributed by atoms with Crippen LogP contribution in [0.25, 0.3) is 10.9 Å². The summed E-state index contributed by atoms with van der Waals surface area (Å²) >= 11 is 0. The maximum absolute atomic E-state index is 14.6. The number of aromatic nitrogens is 2. The molecule has 0 aliphatic heterocycles. The lowest BCUT2D eigenvalue weighted by Gasteiger charge is -2.13. The van der Waals surface area contributed by atoms with Gasteiger partial charge in [0, 0.05) is 11.8 Å². The third-order valence-electron chi connectivity index (χ3n) is 3.43. The summed E-state index contributed by atoms with van der Waals surface area (Å²) < 4.78 is 61.6. The highest BCUT2D eigenvalue weighted by Gasteiger charge is 2.24. The average Bonchev–Trinajstić information content (AvgIpc) is 2.56. The maximum atomic E-state index is 14.6. The highest BCUT2D eigenvalue weighted by molar-refractivity contribution is 5.93. The number of nitrogen functional groups attached to an aromatic ring is 2. The molecule has 0 radical (unpaired) electrons. The summed E-state index contributed by atoms with van der Waals surface area (Å²) in [6, 6.07) is 3.47. The first-order valence-electron chi connectivity index (χ1n) is 6.83. The number of rotatable bonds is 3. The minimum atomic E-state index is -1.55. The van der Waals surface area contributed by atoms with E-state index in [4.69, 9.17) is 16.2 Å². The van der Waals surface area contributed by atoms with Crippen molar-refractivity contribution in [2.45, 2.75) is 0 Å². The summed E-state index contributed by atoms with van der Waals surface area (Å²) in [5.74, 6) is -6.00. The van der Waals surface area contributed by atoms with E-state index in [0.29, 0.717) is 0 Å². The lowest BCUT2D eigenvalue weighted by atomic mass is 10.1. The summed E-state index contributed by atoms with van der Waals surface area (Å²) in [6.07, 6.45) is 0. The lowest BCUT2D eigenvalue weighted by Crippen LogP contribution is -2.08. The summed E-state index contributed by atoms with van der Waals surface area (Å²) in [7, 11) is 1.26. The van der Waals surface area contributed by atoms with Crippen molar-refractivity contribution in [1.82, 2.24) is 9.97 Å². The van der Waals surface area contributed by atoms with E-state index < -0.39 is 51.6 Å². The third-order valence-corrected chi connectivity index (χ3v) is 3.43. The lowest BCUT2D eigenvalue weighted by molar-refractivity contribution is 0.386. The van der Waals surface area contributed by atoms with Crippen molar-refractivity contribution in [3.63, 3.8) is 0 Å². The predicted octanol–water partition coefficient (Wildman–Crippen LogP) is 3.10. The van der Waals surface area contributed by atoms with Crippen molar-refractivity contribution in [3.8, 4) is 5.75 Å². The highest BCUT2D eigenvalue weighted by Crippen LogP contribution is 2.35. The number of halogens is 4. The number of hydrogen-bond donors (Lipinski definition) is 3. The molecule has 0 saturated carbocycles. The first-order valence-corrected chi connectivity index (χ1v) is 6.83. The zero-order valence-electron chi connectivity index (χ0n) is 12.7. The standard InChI is InChI=1S/C15H11F4N5O/c1-25-7-3-2-5(4-6(7)16)22-13-10(18)9(17)8-12(11(13)19)23-15(21)24-14(8)20/h2-4,22H,1H3,(H4,20,21,23,24). The molecule has 3 aromatic rings. The number of anilines is 4. The number of ether oxygens (including phenoxy) is 1. The fourth-order valence-corrected chi connectivity index (χ4v) is 2.30. The molecular weight excluding hydrogens is 342 g/mol. The van der Waals surface area contributed by atoms with Gasteiger partial charge in [0.15, 0.2) is 29.0 Å². The summed E-state index contributed by atoms with van der Waals surface area (Å²) in [6.45, 7) is 0. The van der Waals surface area contributed by atoms with Crippen LogP contribution in [0.5, 0.6) is 5.75 Å². The van der Waals surface area contributed by atoms with Gasteiger partial charge in [0.2, 0.25) is 5.95 Å². The molecule has 0 atom stereocenters. The third kappa shape index (κ3) is 2.71. The number of nitrogens with two attached hydrogens (primary N) is 2. The monoisotopic (exact) mass is 353 g/mol. The smallest absolute Gasteiger partial charge is 0.222 e. The van der Waals surface area contributed by atoms with Crippen molar-refractivity contribution >= 4 is 34.0 Å². The minimum absolute atomic E-state index is 0.0372. The summed E-state index contributed by atoms with van der Waals surface area (Å²) in [5, 5.41) is 1.65. The molecule has 0 aliphatic rings. The van der Waals surface area contributed by atoms with Crippen molar-refractivity contribution in [1.29, 1.82) is 0 Å². The van der Waals surface area contributed by atoms with Gasteiger partial charge >= 0.3 is 0 Å². The van der Waals surface area contributed by atoms with Gasteiger partial charge in [0.25, 0.3) is 0 Å². The molecule has 6 nitrogen and oxygen atoms in total. The van der Waals surface area contributed by atoms with Gasteiger partial charge in [-0.25, -0.2) is 22.5 Å². The van der Waals surface area contributed by atoms with Crippen LogP contribution >= 0.6 is 0 Å². The number of methoxy groups -OCH3 is 1. The molecule has 0 unspecified atom stereocenters. The van der Waals surface area contributed by atoms with E-state index in [9.17, 15) is 17.6 Å².